The van der Waals surface area contributed by atoms with Gasteiger partial charge in [0.25, 0.3) is 0 Å². The summed E-state index contributed by atoms with van der Waals surface area (Å²) in [7, 11) is -3.48. The molecule has 2 rings (SSSR count). The lowest BCUT2D eigenvalue weighted by atomic mass is 9.90. The van der Waals surface area contributed by atoms with E-state index in [-0.39, 0.29) is 11.2 Å². The fraction of sp³-hybridized carbons (Fsp3) is 0.538. The average molecular weight is 304 g/mol. The number of ether oxygens (including phenoxy) is 1. The Hall–Kier alpha value is -0.780. The molecule has 0 bridgehead atoms. The van der Waals surface area contributed by atoms with E-state index in [4.69, 9.17) is 21.5 Å². The molecule has 0 amide bonds. The van der Waals surface area contributed by atoms with Gasteiger partial charge in [0.05, 0.1) is 12.4 Å². The minimum absolute atomic E-state index is 0.0133. The van der Waals surface area contributed by atoms with Crippen molar-refractivity contribution >= 4 is 21.6 Å². The summed E-state index contributed by atoms with van der Waals surface area (Å²) >= 11 is 5.89. The summed E-state index contributed by atoms with van der Waals surface area (Å²) in [6.07, 6.45) is 3.72. The van der Waals surface area contributed by atoms with E-state index in [0.717, 1.165) is 25.7 Å². The highest BCUT2D eigenvalue weighted by Gasteiger charge is 2.38. The summed E-state index contributed by atoms with van der Waals surface area (Å²) < 4.78 is 28.4. The molecular formula is C13H18ClNO3S. The number of nitrogens with two attached hydrogens (primary N) is 1. The SMILES string of the molecule is NS(=O)(=O)CC1(COc2cccc(Cl)c2)CCCC1. The quantitative estimate of drug-likeness (QED) is 0.909. The van der Waals surface area contributed by atoms with Crippen LogP contribution in [0, 0.1) is 5.41 Å². The predicted molar refractivity (Wildman–Crippen MR) is 75.8 cm³/mol. The van der Waals surface area contributed by atoms with Gasteiger partial charge in [-0.2, -0.15) is 0 Å². The standard InChI is InChI=1S/C13H18ClNO3S/c14-11-4-3-5-12(8-11)18-9-13(6-1-2-7-13)10-19(15,16)17/h3-5,8H,1-2,6-7,9-10H2,(H2,15,16,17). The molecule has 4 nitrogen and oxygen atoms in total. The first-order chi connectivity index (χ1) is 8.89. The van der Waals surface area contributed by atoms with Gasteiger partial charge in [-0.05, 0) is 31.0 Å². The fourth-order valence-corrected chi connectivity index (χ4v) is 4.08. The Morgan fingerprint density at radius 3 is 2.58 bits per heavy atom. The van der Waals surface area contributed by atoms with Gasteiger partial charge in [0.1, 0.15) is 5.75 Å². The van der Waals surface area contributed by atoms with Crippen molar-refractivity contribution in [3.63, 3.8) is 0 Å². The summed E-state index contributed by atoms with van der Waals surface area (Å²) in [6.45, 7) is 0.365. The van der Waals surface area contributed by atoms with Crippen LogP contribution in [0.3, 0.4) is 0 Å². The van der Waals surface area contributed by atoms with Crippen LogP contribution in [0.25, 0.3) is 0 Å². The first-order valence-corrected chi connectivity index (χ1v) is 8.37. The fourth-order valence-electron chi connectivity index (χ4n) is 2.68. The lowest BCUT2D eigenvalue weighted by Crippen LogP contribution is -2.36. The van der Waals surface area contributed by atoms with Crippen molar-refractivity contribution in [2.24, 2.45) is 10.6 Å². The molecule has 106 valence electrons. The van der Waals surface area contributed by atoms with Crippen molar-refractivity contribution in [2.75, 3.05) is 12.4 Å². The molecule has 2 N–H and O–H groups in total. The van der Waals surface area contributed by atoms with E-state index in [9.17, 15) is 8.42 Å². The minimum Gasteiger partial charge on any atom is -0.493 e. The Morgan fingerprint density at radius 1 is 1.32 bits per heavy atom. The van der Waals surface area contributed by atoms with Gasteiger partial charge in [0, 0.05) is 10.4 Å². The van der Waals surface area contributed by atoms with E-state index in [1.807, 2.05) is 6.07 Å². The molecule has 1 saturated carbocycles. The van der Waals surface area contributed by atoms with Crippen molar-refractivity contribution in [3.8, 4) is 5.75 Å². The first kappa shape index (κ1) is 14.6. The summed E-state index contributed by atoms with van der Waals surface area (Å²) in [5.41, 5.74) is -0.351. The smallest absolute Gasteiger partial charge is 0.209 e. The number of halogens is 1. The molecule has 0 atom stereocenters. The van der Waals surface area contributed by atoms with Crippen molar-refractivity contribution in [2.45, 2.75) is 25.7 Å². The van der Waals surface area contributed by atoms with E-state index in [1.165, 1.54) is 0 Å². The summed E-state index contributed by atoms with van der Waals surface area (Å²) in [5, 5.41) is 5.79. The lowest BCUT2D eigenvalue weighted by molar-refractivity contribution is 0.170. The van der Waals surface area contributed by atoms with Crippen LogP contribution in [-0.2, 0) is 10.0 Å². The zero-order chi connectivity index (χ0) is 13.9. The first-order valence-electron chi connectivity index (χ1n) is 6.28. The van der Waals surface area contributed by atoms with Gasteiger partial charge in [0.15, 0.2) is 0 Å². The van der Waals surface area contributed by atoms with Crippen molar-refractivity contribution in [3.05, 3.63) is 29.3 Å². The van der Waals surface area contributed by atoms with Crippen LogP contribution in [0.15, 0.2) is 24.3 Å². The normalized spacial score (nSPS) is 18.4. The Morgan fingerprint density at radius 2 is 2.00 bits per heavy atom. The zero-order valence-electron chi connectivity index (χ0n) is 10.6. The maximum absolute atomic E-state index is 11.4. The zero-order valence-corrected chi connectivity index (χ0v) is 12.2. The van der Waals surface area contributed by atoms with Crippen LogP contribution < -0.4 is 9.88 Å². The summed E-state index contributed by atoms with van der Waals surface area (Å²) in [6, 6.07) is 7.11. The van der Waals surface area contributed by atoms with Gasteiger partial charge in [-0.15, -0.1) is 0 Å². The van der Waals surface area contributed by atoms with Gasteiger partial charge in [-0.3, -0.25) is 0 Å². The number of benzene rings is 1. The second-order valence-corrected chi connectivity index (χ2v) is 7.31. The molecule has 1 fully saturated rings. The number of primary sulfonamides is 1. The van der Waals surface area contributed by atoms with E-state index in [1.54, 1.807) is 18.2 Å². The van der Waals surface area contributed by atoms with Crippen LogP contribution in [0.2, 0.25) is 5.02 Å². The van der Waals surface area contributed by atoms with Crippen molar-refractivity contribution in [1.82, 2.24) is 0 Å². The molecular weight excluding hydrogens is 286 g/mol. The van der Waals surface area contributed by atoms with Gasteiger partial charge >= 0.3 is 0 Å². The molecule has 1 aromatic carbocycles. The second kappa shape index (κ2) is 5.69. The van der Waals surface area contributed by atoms with Crippen LogP contribution in [0.1, 0.15) is 25.7 Å². The second-order valence-electron chi connectivity index (χ2n) is 5.26. The molecule has 0 saturated heterocycles. The van der Waals surface area contributed by atoms with E-state index in [0.29, 0.717) is 17.4 Å². The Kier molecular flexibility index (Phi) is 4.38. The van der Waals surface area contributed by atoms with Crippen LogP contribution in [-0.4, -0.2) is 20.8 Å². The highest BCUT2D eigenvalue weighted by Crippen LogP contribution is 2.39. The highest BCUT2D eigenvalue weighted by atomic mass is 35.5. The maximum Gasteiger partial charge on any atom is 0.209 e. The van der Waals surface area contributed by atoms with Crippen LogP contribution in [0.5, 0.6) is 5.75 Å². The number of rotatable bonds is 5. The molecule has 1 aromatic rings. The van der Waals surface area contributed by atoms with E-state index < -0.39 is 10.0 Å². The molecule has 0 radical (unpaired) electrons. The van der Waals surface area contributed by atoms with Crippen LogP contribution in [0.4, 0.5) is 0 Å². The summed E-state index contributed by atoms with van der Waals surface area (Å²) in [4.78, 5) is 0. The number of hydrogen-bond donors (Lipinski definition) is 1. The molecule has 0 aromatic heterocycles. The van der Waals surface area contributed by atoms with Gasteiger partial charge < -0.3 is 4.74 Å². The van der Waals surface area contributed by atoms with Crippen LogP contribution >= 0.6 is 11.6 Å². The largest absolute Gasteiger partial charge is 0.493 e. The van der Waals surface area contributed by atoms with Crippen molar-refractivity contribution < 1.29 is 13.2 Å². The van der Waals surface area contributed by atoms with Crippen molar-refractivity contribution in [1.29, 1.82) is 0 Å². The Bertz CT molecular complexity index is 539. The number of hydrogen-bond acceptors (Lipinski definition) is 3. The maximum atomic E-state index is 11.4. The molecule has 1 aliphatic rings. The third kappa shape index (κ3) is 4.37. The third-order valence-electron chi connectivity index (χ3n) is 3.51. The molecule has 0 aliphatic heterocycles. The van der Waals surface area contributed by atoms with E-state index >= 15 is 0 Å². The molecule has 0 unspecified atom stereocenters. The lowest BCUT2D eigenvalue weighted by Gasteiger charge is -2.27. The topological polar surface area (TPSA) is 69.4 Å². The molecule has 0 heterocycles. The average Bonchev–Trinajstić information content (AvgIpc) is 2.73. The molecule has 1 aliphatic carbocycles. The van der Waals surface area contributed by atoms with Gasteiger partial charge in [0.2, 0.25) is 10.0 Å². The Balaban J connectivity index is 2.05. The predicted octanol–water partition coefficient (Wildman–Crippen LogP) is 2.57. The third-order valence-corrected chi connectivity index (χ3v) is 4.76. The minimum atomic E-state index is -3.48. The van der Waals surface area contributed by atoms with Gasteiger partial charge in [-0.1, -0.05) is 30.5 Å². The monoisotopic (exact) mass is 303 g/mol. The number of sulfonamides is 1. The highest BCUT2D eigenvalue weighted by molar-refractivity contribution is 7.89. The van der Waals surface area contributed by atoms with E-state index in [2.05, 4.69) is 0 Å². The summed E-state index contributed by atoms with van der Waals surface area (Å²) in [5.74, 6) is 0.647. The Labute approximate surface area is 118 Å². The molecule has 6 heteroatoms. The molecule has 19 heavy (non-hydrogen) atoms. The molecule has 0 spiro atoms. The van der Waals surface area contributed by atoms with Gasteiger partial charge in [-0.25, -0.2) is 13.6 Å².